The molecule has 2 heterocycles. The number of piperidine rings is 1. The summed E-state index contributed by atoms with van der Waals surface area (Å²) < 4.78 is 53.9. The van der Waals surface area contributed by atoms with Crippen LogP contribution in [-0.4, -0.2) is 48.6 Å². The Hall–Kier alpha value is -2.36. The maximum Gasteiger partial charge on any atom is 0.573 e. The van der Waals surface area contributed by atoms with Gasteiger partial charge in [-0.25, -0.2) is 0 Å². The second-order valence-corrected chi connectivity index (χ2v) is 9.23. The number of nitrogens with zero attached hydrogens (tertiary/aromatic N) is 1. The number of rotatable bonds is 7. The van der Waals surface area contributed by atoms with Crippen LogP contribution in [0.5, 0.6) is 17.2 Å². The van der Waals surface area contributed by atoms with Gasteiger partial charge in [-0.05, 0) is 44.1 Å². The lowest BCUT2D eigenvalue weighted by molar-refractivity contribution is -0.275. The Kier molecular flexibility index (Phi) is 8.34. The van der Waals surface area contributed by atoms with Crippen molar-refractivity contribution in [2.45, 2.75) is 38.1 Å². The van der Waals surface area contributed by atoms with E-state index in [1.165, 1.54) is 18.2 Å². The molecule has 0 radical (unpaired) electrons. The van der Waals surface area contributed by atoms with Crippen LogP contribution in [0.4, 0.5) is 13.2 Å². The van der Waals surface area contributed by atoms with Crippen molar-refractivity contribution in [1.82, 2.24) is 4.90 Å². The molecule has 2 aliphatic heterocycles. The van der Waals surface area contributed by atoms with Crippen LogP contribution in [-0.2, 0) is 16.8 Å². The molecule has 1 saturated heterocycles. The van der Waals surface area contributed by atoms with Gasteiger partial charge in [0.05, 0.1) is 23.1 Å². The van der Waals surface area contributed by atoms with Crippen molar-refractivity contribution in [3.05, 3.63) is 52.5 Å². The van der Waals surface area contributed by atoms with E-state index >= 15 is 0 Å². The molecule has 1 spiro atoms. The van der Waals surface area contributed by atoms with Gasteiger partial charge in [0.1, 0.15) is 23.9 Å². The van der Waals surface area contributed by atoms with Crippen LogP contribution < -0.4 is 14.2 Å². The minimum atomic E-state index is -4.84. The topological polar surface area (TPSA) is 68.2 Å². The second-order valence-electron chi connectivity index (χ2n) is 8.82. The molecular weight excluding hydrogens is 510 g/mol. The van der Waals surface area contributed by atoms with Crippen LogP contribution in [0.3, 0.4) is 0 Å². The zero-order valence-corrected chi connectivity index (χ0v) is 20.5. The van der Waals surface area contributed by atoms with E-state index in [1.54, 1.807) is 19.1 Å². The summed E-state index contributed by atoms with van der Waals surface area (Å²) >= 11 is 6.09. The number of hydrogen-bond acceptors (Lipinski definition) is 5. The van der Waals surface area contributed by atoms with E-state index in [0.717, 1.165) is 31.5 Å². The Bertz CT molecular complexity index is 1060. The third kappa shape index (κ3) is 6.26. The summed E-state index contributed by atoms with van der Waals surface area (Å²) in [7, 11) is 0. The van der Waals surface area contributed by atoms with E-state index in [0.29, 0.717) is 24.7 Å². The van der Waals surface area contributed by atoms with Crippen LogP contribution >= 0.6 is 24.0 Å². The number of ether oxygens (including phenoxy) is 3. The molecule has 192 valence electrons. The summed E-state index contributed by atoms with van der Waals surface area (Å²) in [6, 6.07) is 9.50. The molecule has 35 heavy (non-hydrogen) atoms. The molecular formula is C24H26Cl2F3NO5. The Morgan fingerprint density at radius 2 is 1.97 bits per heavy atom. The number of likely N-dealkylation sites (tertiary alicyclic amines) is 1. The van der Waals surface area contributed by atoms with E-state index in [-0.39, 0.29) is 35.0 Å². The second kappa shape index (κ2) is 10.7. The van der Waals surface area contributed by atoms with E-state index in [9.17, 15) is 18.0 Å². The number of benzene rings is 2. The molecule has 1 atom stereocenters. The molecule has 0 aromatic heterocycles. The highest BCUT2D eigenvalue weighted by Gasteiger charge is 2.43. The molecule has 2 aromatic rings. The summed E-state index contributed by atoms with van der Waals surface area (Å²) in [6.07, 6.45) is -3.13. The Morgan fingerprint density at radius 1 is 1.26 bits per heavy atom. The smallest absolute Gasteiger partial charge is 0.492 e. The molecule has 1 unspecified atom stereocenters. The van der Waals surface area contributed by atoms with Crippen LogP contribution in [0.2, 0.25) is 5.02 Å². The summed E-state index contributed by atoms with van der Waals surface area (Å²) in [5.74, 6) is -0.477. The highest BCUT2D eigenvalue weighted by atomic mass is 35.5. The van der Waals surface area contributed by atoms with Crippen LogP contribution in [0, 0.1) is 5.92 Å². The Balaban J connectivity index is 0.00000342. The van der Waals surface area contributed by atoms with E-state index in [2.05, 4.69) is 9.64 Å². The highest BCUT2D eigenvalue weighted by molar-refractivity contribution is 6.31. The standard InChI is InChI=1S/C24H25ClF3NO5.ClH/c1-15(22(30)31)12-29-9-7-23(8-10-29)14-33-21-11-16(5-6-18(21)23)32-13-17-19(25)3-2-4-20(17)34-24(26,27)28;/h2-6,11,15H,7-10,12-14H2,1H3,(H,30,31);1H. The van der Waals surface area contributed by atoms with Gasteiger partial charge in [0.25, 0.3) is 0 Å². The number of fused-ring (bicyclic) bond motifs is 2. The summed E-state index contributed by atoms with van der Waals surface area (Å²) in [6.45, 7) is 4.13. The number of alkyl halides is 3. The van der Waals surface area contributed by atoms with E-state index in [4.69, 9.17) is 26.2 Å². The molecule has 0 bridgehead atoms. The monoisotopic (exact) mass is 535 g/mol. The minimum Gasteiger partial charge on any atom is -0.492 e. The van der Waals surface area contributed by atoms with Crippen molar-refractivity contribution < 1.29 is 37.3 Å². The third-order valence-corrected chi connectivity index (χ3v) is 6.83. The first-order valence-corrected chi connectivity index (χ1v) is 11.3. The summed E-state index contributed by atoms with van der Waals surface area (Å²) in [4.78, 5) is 13.3. The third-order valence-electron chi connectivity index (χ3n) is 6.48. The summed E-state index contributed by atoms with van der Waals surface area (Å²) in [5.41, 5.74) is 1.04. The highest BCUT2D eigenvalue weighted by Crippen LogP contribution is 2.47. The largest absolute Gasteiger partial charge is 0.573 e. The van der Waals surface area contributed by atoms with Crippen LogP contribution in [0.25, 0.3) is 0 Å². The van der Waals surface area contributed by atoms with Crippen molar-refractivity contribution >= 4 is 30.0 Å². The minimum absolute atomic E-state index is 0. The van der Waals surface area contributed by atoms with Crippen molar-refractivity contribution in [3.63, 3.8) is 0 Å². The zero-order valence-electron chi connectivity index (χ0n) is 18.9. The van der Waals surface area contributed by atoms with E-state index < -0.39 is 24.0 Å². The Morgan fingerprint density at radius 3 is 2.63 bits per heavy atom. The number of carbonyl (C=O) groups is 1. The lowest BCUT2D eigenvalue weighted by Gasteiger charge is -2.39. The van der Waals surface area contributed by atoms with Gasteiger partial charge in [0, 0.05) is 23.6 Å². The van der Waals surface area contributed by atoms with Gasteiger partial charge >= 0.3 is 12.3 Å². The number of hydrogen-bond donors (Lipinski definition) is 1. The fraction of sp³-hybridized carbons (Fsp3) is 0.458. The zero-order chi connectivity index (χ0) is 24.5. The van der Waals surface area contributed by atoms with Crippen LogP contribution in [0.1, 0.15) is 30.9 Å². The summed E-state index contributed by atoms with van der Waals surface area (Å²) in [5, 5.41) is 9.26. The van der Waals surface area contributed by atoms with Gasteiger partial charge in [-0.2, -0.15) is 0 Å². The van der Waals surface area contributed by atoms with Crippen LogP contribution in [0.15, 0.2) is 36.4 Å². The van der Waals surface area contributed by atoms with Gasteiger partial charge in [0.2, 0.25) is 0 Å². The number of aliphatic carboxylic acids is 1. The lowest BCUT2D eigenvalue weighted by atomic mass is 9.74. The lowest BCUT2D eigenvalue weighted by Crippen LogP contribution is -2.45. The van der Waals surface area contributed by atoms with Crippen molar-refractivity contribution in [2.24, 2.45) is 5.92 Å². The predicted octanol–water partition coefficient (Wildman–Crippen LogP) is 5.69. The maximum absolute atomic E-state index is 12.7. The first-order chi connectivity index (χ1) is 16.1. The molecule has 4 rings (SSSR count). The molecule has 2 aromatic carbocycles. The van der Waals surface area contributed by atoms with Crippen molar-refractivity contribution in [1.29, 1.82) is 0 Å². The SMILES string of the molecule is CC(CN1CCC2(CC1)COc1cc(OCc3c(Cl)cccc3OC(F)(F)F)ccc12)C(=O)O.Cl. The van der Waals surface area contributed by atoms with Gasteiger partial charge in [-0.3, -0.25) is 4.79 Å². The Labute approximate surface area is 212 Å². The molecule has 0 amide bonds. The fourth-order valence-electron chi connectivity index (χ4n) is 4.54. The van der Waals surface area contributed by atoms with Gasteiger partial charge < -0.3 is 24.2 Å². The predicted molar refractivity (Wildman–Crippen MR) is 126 cm³/mol. The van der Waals surface area contributed by atoms with Gasteiger partial charge in [-0.1, -0.05) is 30.7 Å². The number of halogens is 5. The number of carboxylic acids is 1. The first-order valence-electron chi connectivity index (χ1n) is 10.9. The fourth-order valence-corrected chi connectivity index (χ4v) is 4.76. The van der Waals surface area contributed by atoms with Crippen molar-refractivity contribution in [3.8, 4) is 17.2 Å². The first kappa shape index (κ1) is 27.2. The van der Waals surface area contributed by atoms with E-state index in [1.807, 2.05) is 6.07 Å². The van der Waals surface area contributed by atoms with Gasteiger partial charge in [-0.15, -0.1) is 25.6 Å². The molecule has 11 heteroatoms. The molecule has 6 nitrogen and oxygen atoms in total. The average molecular weight is 536 g/mol. The number of carboxylic acid groups (broad SMARTS) is 1. The molecule has 0 saturated carbocycles. The maximum atomic E-state index is 12.7. The normalized spacial score (nSPS) is 17.7. The molecule has 1 fully saturated rings. The average Bonchev–Trinajstić information content (AvgIpc) is 3.11. The molecule has 2 aliphatic rings. The molecule has 1 N–H and O–H groups in total. The molecule has 0 aliphatic carbocycles. The van der Waals surface area contributed by atoms with Crippen molar-refractivity contribution in [2.75, 3.05) is 26.2 Å². The van der Waals surface area contributed by atoms with Gasteiger partial charge in [0.15, 0.2) is 0 Å². The quantitative estimate of drug-likeness (QED) is 0.491.